The lowest BCUT2D eigenvalue weighted by Crippen LogP contribution is -2.34. The van der Waals surface area contributed by atoms with Gasteiger partial charge in [0.15, 0.2) is 11.5 Å². The second kappa shape index (κ2) is 6.35. The molecule has 21 heavy (non-hydrogen) atoms. The zero-order valence-electron chi connectivity index (χ0n) is 12.6. The summed E-state index contributed by atoms with van der Waals surface area (Å²) < 4.78 is 5.11. The SMILES string of the molecule is CCCC1(C(=O)O)CCN(Cc2cccc(OC)c2O)C1. The number of phenols is 1. The topological polar surface area (TPSA) is 70.0 Å². The van der Waals surface area contributed by atoms with Crippen LogP contribution in [0, 0.1) is 5.41 Å². The van der Waals surface area contributed by atoms with E-state index in [1.54, 1.807) is 6.07 Å². The Hall–Kier alpha value is -1.75. The number of phenolic OH excluding ortho intramolecular Hbond substituents is 1. The van der Waals surface area contributed by atoms with Gasteiger partial charge in [-0.2, -0.15) is 0 Å². The molecule has 2 rings (SSSR count). The van der Waals surface area contributed by atoms with Crippen molar-refractivity contribution in [3.8, 4) is 11.5 Å². The third-order valence-electron chi connectivity index (χ3n) is 4.31. The van der Waals surface area contributed by atoms with Crippen molar-refractivity contribution in [2.45, 2.75) is 32.7 Å². The summed E-state index contributed by atoms with van der Waals surface area (Å²) in [6, 6.07) is 5.39. The third kappa shape index (κ3) is 3.13. The zero-order chi connectivity index (χ0) is 15.5. The van der Waals surface area contributed by atoms with Crippen LogP contribution in [-0.2, 0) is 11.3 Å². The molecule has 1 atom stereocenters. The summed E-state index contributed by atoms with van der Waals surface area (Å²) in [5.41, 5.74) is 0.135. The minimum Gasteiger partial charge on any atom is -0.504 e. The summed E-state index contributed by atoms with van der Waals surface area (Å²) in [4.78, 5) is 13.7. The minimum absolute atomic E-state index is 0.142. The number of benzene rings is 1. The van der Waals surface area contributed by atoms with Crippen LogP contribution in [0.5, 0.6) is 11.5 Å². The van der Waals surface area contributed by atoms with Gasteiger partial charge in [-0.1, -0.05) is 25.5 Å². The highest BCUT2D eigenvalue weighted by molar-refractivity contribution is 5.75. The van der Waals surface area contributed by atoms with E-state index in [9.17, 15) is 15.0 Å². The Morgan fingerprint density at radius 1 is 1.48 bits per heavy atom. The van der Waals surface area contributed by atoms with E-state index in [1.165, 1.54) is 7.11 Å². The number of aliphatic carboxylic acids is 1. The molecule has 0 bridgehead atoms. The van der Waals surface area contributed by atoms with Crippen molar-refractivity contribution in [2.24, 2.45) is 5.41 Å². The van der Waals surface area contributed by atoms with Crippen molar-refractivity contribution in [2.75, 3.05) is 20.2 Å². The number of nitrogens with zero attached hydrogens (tertiary/aromatic N) is 1. The summed E-state index contributed by atoms with van der Waals surface area (Å²) in [6.07, 6.45) is 2.23. The first kappa shape index (κ1) is 15.6. The molecule has 1 saturated heterocycles. The van der Waals surface area contributed by atoms with Gasteiger partial charge < -0.3 is 14.9 Å². The molecule has 0 aliphatic carbocycles. The molecule has 0 spiro atoms. The quantitative estimate of drug-likeness (QED) is 0.843. The maximum Gasteiger partial charge on any atom is 0.310 e. The van der Waals surface area contributed by atoms with Crippen LogP contribution in [-0.4, -0.2) is 41.3 Å². The molecular weight excluding hydrogens is 270 g/mol. The van der Waals surface area contributed by atoms with Gasteiger partial charge in [-0.25, -0.2) is 0 Å². The number of hydrogen-bond acceptors (Lipinski definition) is 4. The number of aromatic hydroxyl groups is 1. The molecule has 1 heterocycles. The van der Waals surface area contributed by atoms with Gasteiger partial charge in [0, 0.05) is 18.7 Å². The summed E-state index contributed by atoms with van der Waals surface area (Å²) in [6.45, 7) is 3.83. The smallest absolute Gasteiger partial charge is 0.310 e. The number of para-hydroxylation sites is 1. The van der Waals surface area contributed by atoms with Crippen LogP contribution >= 0.6 is 0 Å². The van der Waals surface area contributed by atoms with Crippen LogP contribution < -0.4 is 4.74 Å². The highest BCUT2D eigenvalue weighted by Gasteiger charge is 2.43. The van der Waals surface area contributed by atoms with E-state index >= 15 is 0 Å². The van der Waals surface area contributed by atoms with Gasteiger partial charge in [0.25, 0.3) is 0 Å². The highest BCUT2D eigenvalue weighted by atomic mass is 16.5. The van der Waals surface area contributed by atoms with Crippen LogP contribution in [0.1, 0.15) is 31.7 Å². The normalized spacial score (nSPS) is 22.4. The van der Waals surface area contributed by atoms with E-state index in [2.05, 4.69) is 4.90 Å². The third-order valence-corrected chi connectivity index (χ3v) is 4.31. The van der Waals surface area contributed by atoms with Crippen LogP contribution in [0.2, 0.25) is 0 Å². The van der Waals surface area contributed by atoms with Gasteiger partial charge >= 0.3 is 5.97 Å². The van der Waals surface area contributed by atoms with Gasteiger partial charge in [-0.3, -0.25) is 9.69 Å². The van der Waals surface area contributed by atoms with Gasteiger partial charge in [0.1, 0.15) is 0 Å². The standard InChI is InChI=1S/C16H23NO4/c1-3-7-16(15(19)20)8-9-17(11-16)10-12-5-4-6-13(21-2)14(12)18/h4-6,18H,3,7-11H2,1-2H3,(H,19,20). The maximum atomic E-state index is 11.6. The average molecular weight is 293 g/mol. The molecule has 1 unspecified atom stereocenters. The monoisotopic (exact) mass is 293 g/mol. The number of hydrogen-bond donors (Lipinski definition) is 2. The molecule has 1 aromatic carbocycles. The Labute approximate surface area is 125 Å². The summed E-state index contributed by atoms with van der Waals surface area (Å²) in [5, 5.41) is 19.6. The van der Waals surface area contributed by atoms with Crippen molar-refractivity contribution in [1.29, 1.82) is 0 Å². The lowest BCUT2D eigenvalue weighted by Gasteiger charge is -2.24. The van der Waals surface area contributed by atoms with E-state index in [0.29, 0.717) is 31.7 Å². The molecule has 0 saturated carbocycles. The second-order valence-electron chi connectivity index (χ2n) is 5.76. The first-order valence-corrected chi connectivity index (χ1v) is 7.33. The second-order valence-corrected chi connectivity index (χ2v) is 5.76. The van der Waals surface area contributed by atoms with Gasteiger partial charge in [-0.05, 0) is 25.5 Å². The van der Waals surface area contributed by atoms with Crippen molar-refractivity contribution in [3.63, 3.8) is 0 Å². The summed E-state index contributed by atoms with van der Waals surface area (Å²) >= 11 is 0. The molecule has 1 aliphatic rings. The largest absolute Gasteiger partial charge is 0.504 e. The fourth-order valence-electron chi connectivity index (χ4n) is 3.16. The Kier molecular flexibility index (Phi) is 4.73. The average Bonchev–Trinajstić information content (AvgIpc) is 2.86. The van der Waals surface area contributed by atoms with Crippen LogP contribution in [0.25, 0.3) is 0 Å². The Morgan fingerprint density at radius 2 is 2.24 bits per heavy atom. The molecule has 1 fully saturated rings. The van der Waals surface area contributed by atoms with Gasteiger partial charge in [-0.15, -0.1) is 0 Å². The number of carbonyl (C=O) groups is 1. The van der Waals surface area contributed by atoms with Crippen LogP contribution in [0.15, 0.2) is 18.2 Å². The van der Waals surface area contributed by atoms with Crippen LogP contribution in [0.4, 0.5) is 0 Å². The molecule has 1 aromatic rings. The molecule has 5 heteroatoms. The Balaban J connectivity index is 2.11. The summed E-state index contributed by atoms with van der Waals surface area (Å²) in [7, 11) is 1.52. The highest BCUT2D eigenvalue weighted by Crippen LogP contribution is 2.37. The fraction of sp³-hybridized carbons (Fsp3) is 0.562. The van der Waals surface area contributed by atoms with Crippen molar-refractivity contribution in [1.82, 2.24) is 4.90 Å². The van der Waals surface area contributed by atoms with E-state index in [1.807, 2.05) is 19.1 Å². The predicted molar refractivity (Wildman–Crippen MR) is 79.5 cm³/mol. The first-order valence-electron chi connectivity index (χ1n) is 7.33. The van der Waals surface area contributed by atoms with E-state index in [-0.39, 0.29) is 5.75 Å². The van der Waals surface area contributed by atoms with E-state index in [0.717, 1.165) is 18.5 Å². The van der Waals surface area contributed by atoms with E-state index in [4.69, 9.17) is 4.74 Å². The predicted octanol–water partition coefficient (Wildman–Crippen LogP) is 2.48. The summed E-state index contributed by atoms with van der Waals surface area (Å²) in [5.74, 6) is -0.116. The first-order chi connectivity index (χ1) is 10.0. The Morgan fingerprint density at radius 3 is 2.86 bits per heavy atom. The van der Waals surface area contributed by atoms with E-state index < -0.39 is 11.4 Å². The minimum atomic E-state index is -0.707. The number of methoxy groups -OCH3 is 1. The number of carboxylic acid groups (broad SMARTS) is 1. The number of ether oxygens (including phenoxy) is 1. The lowest BCUT2D eigenvalue weighted by atomic mass is 9.83. The number of rotatable bonds is 6. The van der Waals surface area contributed by atoms with Crippen molar-refractivity contribution >= 4 is 5.97 Å². The maximum absolute atomic E-state index is 11.6. The Bertz CT molecular complexity index is 517. The molecule has 0 aromatic heterocycles. The molecular formula is C16H23NO4. The molecule has 0 radical (unpaired) electrons. The van der Waals surface area contributed by atoms with Gasteiger partial charge in [0.05, 0.1) is 12.5 Å². The number of likely N-dealkylation sites (tertiary alicyclic amines) is 1. The molecule has 0 amide bonds. The van der Waals surface area contributed by atoms with Crippen molar-refractivity contribution in [3.05, 3.63) is 23.8 Å². The number of carboxylic acids is 1. The molecule has 5 nitrogen and oxygen atoms in total. The fourth-order valence-corrected chi connectivity index (χ4v) is 3.16. The van der Waals surface area contributed by atoms with Crippen molar-refractivity contribution < 1.29 is 19.7 Å². The lowest BCUT2D eigenvalue weighted by molar-refractivity contribution is -0.148. The molecule has 2 N–H and O–H groups in total. The van der Waals surface area contributed by atoms with Gasteiger partial charge in [0.2, 0.25) is 0 Å². The van der Waals surface area contributed by atoms with Crippen LogP contribution in [0.3, 0.4) is 0 Å². The molecule has 116 valence electrons. The zero-order valence-corrected chi connectivity index (χ0v) is 12.6. The molecule has 1 aliphatic heterocycles.